The number of carbonyl (C=O) groups excluding carboxylic acids is 1. The molecule has 0 spiro atoms. The van der Waals surface area contributed by atoms with Crippen LogP contribution in [-0.4, -0.2) is 23.7 Å². The van der Waals surface area contributed by atoms with Gasteiger partial charge in [-0.05, 0) is 64.9 Å². The van der Waals surface area contributed by atoms with Crippen LogP contribution < -0.4 is 0 Å². The van der Waals surface area contributed by atoms with Crippen molar-refractivity contribution in [1.82, 2.24) is 0 Å². The number of carboxylic acids is 1. The van der Waals surface area contributed by atoms with E-state index in [1.165, 1.54) is 0 Å². The van der Waals surface area contributed by atoms with Gasteiger partial charge in [0.15, 0.2) is 0 Å². The molecule has 0 heterocycles. The van der Waals surface area contributed by atoms with Crippen molar-refractivity contribution < 1.29 is 19.4 Å². The van der Waals surface area contributed by atoms with Crippen LogP contribution in [0.4, 0.5) is 0 Å². The van der Waals surface area contributed by atoms with Gasteiger partial charge in [0.2, 0.25) is 0 Å². The van der Waals surface area contributed by atoms with Gasteiger partial charge in [-0.25, -0.2) is 9.59 Å². The van der Waals surface area contributed by atoms with E-state index in [2.05, 4.69) is 0 Å². The number of rotatable bonds is 3. The Kier molecular flexibility index (Phi) is 3.51. The van der Waals surface area contributed by atoms with E-state index in [-0.39, 0.29) is 11.5 Å². The maximum atomic E-state index is 11.8. The van der Waals surface area contributed by atoms with Crippen LogP contribution in [-0.2, 0) is 4.74 Å². The molecule has 0 unspecified atom stereocenters. The zero-order valence-electron chi connectivity index (χ0n) is 12.0. The molecule has 110 valence electrons. The van der Waals surface area contributed by atoms with Gasteiger partial charge in [-0.15, -0.1) is 0 Å². The number of benzene rings is 3. The molecule has 0 atom stereocenters. The SMILES string of the molecule is CCOC(=O)c1ccc2cc3cc(C(=O)O)ccc3cc2c1. The molecule has 0 aliphatic heterocycles. The van der Waals surface area contributed by atoms with Gasteiger partial charge in [0.05, 0.1) is 17.7 Å². The first kappa shape index (κ1) is 14.1. The van der Waals surface area contributed by atoms with Crippen molar-refractivity contribution in [1.29, 1.82) is 0 Å². The van der Waals surface area contributed by atoms with E-state index in [9.17, 15) is 9.59 Å². The Labute approximate surface area is 126 Å². The number of hydrogen-bond acceptors (Lipinski definition) is 3. The van der Waals surface area contributed by atoms with E-state index in [4.69, 9.17) is 9.84 Å². The molecule has 0 fully saturated rings. The second-order valence-electron chi connectivity index (χ2n) is 5.00. The molecule has 3 aromatic rings. The van der Waals surface area contributed by atoms with Crippen molar-refractivity contribution in [3.8, 4) is 0 Å². The number of fused-ring (bicyclic) bond motifs is 2. The molecule has 0 amide bonds. The van der Waals surface area contributed by atoms with Crippen molar-refractivity contribution in [2.45, 2.75) is 6.92 Å². The van der Waals surface area contributed by atoms with Crippen LogP contribution in [0.1, 0.15) is 27.6 Å². The zero-order chi connectivity index (χ0) is 15.7. The number of ether oxygens (including phenoxy) is 1. The molecule has 3 rings (SSSR count). The number of carbonyl (C=O) groups is 2. The van der Waals surface area contributed by atoms with Gasteiger partial charge in [-0.1, -0.05) is 12.1 Å². The van der Waals surface area contributed by atoms with Crippen molar-refractivity contribution in [3.63, 3.8) is 0 Å². The second-order valence-corrected chi connectivity index (χ2v) is 5.00. The molecule has 0 saturated carbocycles. The Bertz CT molecular complexity index is 896. The zero-order valence-corrected chi connectivity index (χ0v) is 12.0. The molecule has 3 aromatic carbocycles. The molecule has 0 aliphatic rings. The highest BCUT2D eigenvalue weighted by molar-refractivity contribution is 6.03. The van der Waals surface area contributed by atoms with Crippen LogP contribution in [0.3, 0.4) is 0 Å². The summed E-state index contributed by atoms with van der Waals surface area (Å²) in [6.07, 6.45) is 0. The first-order chi connectivity index (χ1) is 10.6. The van der Waals surface area contributed by atoms with Gasteiger partial charge in [0, 0.05) is 0 Å². The molecule has 0 saturated heterocycles. The van der Waals surface area contributed by atoms with E-state index in [1.54, 1.807) is 37.3 Å². The topological polar surface area (TPSA) is 63.6 Å². The first-order valence-corrected chi connectivity index (χ1v) is 6.96. The molecular formula is C18H14O4. The highest BCUT2D eigenvalue weighted by Crippen LogP contribution is 2.25. The van der Waals surface area contributed by atoms with Crippen LogP contribution in [0.5, 0.6) is 0 Å². The van der Waals surface area contributed by atoms with E-state index in [1.807, 2.05) is 18.2 Å². The molecule has 0 aliphatic carbocycles. The van der Waals surface area contributed by atoms with Gasteiger partial charge in [-0.2, -0.15) is 0 Å². The molecule has 1 N–H and O–H groups in total. The maximum Gasteiger partial charge on any atom is 0.338 e. The summed E-state index contributed by atoms with van der Waals surface area (Å²) in [5.74, 6) is -1.29. The highest BCUT2D eigenvalue weighted by atomic mass is 16.5. The summed E-state index contributed by atoms with van der Waals surface area (Å²) in [7, 11) is 0. The van der Waals surface area contributed by atoms with Crippen LogP contribution >= 0.6 is 0 Å². The minimum atomic E-state index is -0.945. The van der Waals surface area contributed by atoms with Crippen molar-refractivity contribution in [2.24, 2.45) is 0 Å². The van der Waals surface area contributed by atoms with Crippen molar-refractivity contribution in [2.75, 3.05) is 6.61 Å². The quantitative estimate of drug-likeness (QED) is 0.588. The normalized spacial score (nSPS) is 10.8. The fraction of sp³-hybridized carbons (Fsp3) is 0.111. The minimum absolute atomic E-state index is 0.259. The largest absolute Gasteiger partial charge is 0.478 e. The summed E-state index contributed by atoms with van der Waals surface area (Å²) in [6, 6.07) is 14.2. The third-order valence-corrected chi connectivity index (χ3v) is 3.55. The second kappa shape index (κ2) is 5.48. The Morgan fingerprint density at radius 1 is 0.864 bits per heavy atom. The smallest absolute Gasteiger partial charge is 0.338 e. The Morgan fingerprint density at radius 2 is 1.41 bits per heavy atom. The molecular weight excluding hydrogens is 280 g/mol. The number of esters is 1. The Morgan fingerprint density at radius 3 is 1.95 bits per heavy atom. The summed E-state index contributed by atoms with van der Waals surface area (Å²) < 4.78 is 5.00. The third-order valence-electron chi connectivity index (χ3n) is 3.55. The fourth-order valence-corrected chi connectivity index (χ4v) is 2.47. The molecule has 4 nitrogen and oxygen atoms in total. The van der Waals surface area contributed by atoms with Crippen LogP contribution in [0.25, 0.3) is 21.5 Å². The van der Waals surface area contributed by atoms with Crippen molar-refractivity contribution in [3.05, 3.63) is 59.7 Å². The molecule has 0 bridgehead atoms. The van der Waals surface area contributed by atoms with Crippen LogP contribution in [0, 0.1) is 0 Å². The lowest BCUT2D eigenvalue weighted by molar-refractivity contribution is 0.0526. The number of carboxylic acid groups (broad SMARTS) is 1. The predicted molar refractivity (Wildman–Crippen MR) is 84.4 cm³/mol. The fourth-order valence-electron chi connectivity index (χ4n) is 2.47. The summed E-state index contributed by atoms with van der Waals surface area (Å²) in [4.78, 5) is 22.8. The summed E-state index contributed by atoms with van der Waals surface area (Å²) in [5, 5.41) is 12.7. The monoisotopic (exact) mass is 294 g/mol. The van der Waals surface area contributed by atoms with Gasteiger partial charge >= 0.3 is 11.9 Å². The third kappa shape index (κ3) is 2.51. The molecule has 0 aromatic heterocycles. The first-order valence-electron chi connectivity index (χ1n) is 6.96. The van der Waals surface area contributed by atoms with Gasteiger partial charge in [0.25, 0.3) is 0 Å². The lowest BCUT2D eigenvalue weighted by atomic mass is 10.00. The van der Waals surface area contributed by atoms with E-state index in [0.717, 1.165) is 21.5 Å². The number of aromatic carboxylic acids is 1. The van der Waals surface area contributed by atoms with Crippen molar-refractivity contribution >= 4 is 33.5 Å². The Hall–Kier alpha value is -2.88. The Balaban J connectivity index is 2.14. The average molecular weight is 294 g/mol. The average Bonchev–Trinajstić information content (AvgIpc) is 2.52. The van der Waals surface area contributed by atoms with Gasteiger partial charge < -0.3 is 9.84 Å². The van der Waals surface area contributed by atoms with E-state index < -0.39 is 5.97 Å². The molecule has 4 heteroatoms. The standard InChI is InChI=1S/C18H14O4/c1-2-22-18(21)14-6-4-12-7-15-9-13(17(19)20)5-3-11(15)8-16(12)10-14/h3-10H,2H2,1H3,(H,19,20). The summed E-state index contributed by atoms with van der Waals surface area (Å²) >= 11 is 0. The summed E-state index contributed by atoms with van der Waals surface area (Å²) in [5.41, 5.74) is 0.769. The lowest BCUT2D eigenvalue weighted by Gasteiger charge is -2.06. The number of hydrogen-bond donors (Lipinski definition) is 1. The minimum Gasteiger partial charge on any atom is -0.478 e. The van der Waals surface area contributed by atoms with Gasteiger partial charge in [-0.3, -0.25) is 0 Å². The predicted octanol–water partition coefficient (Wildman–Crippen LogP) is 3.87. The lowest BCUT2D eigenvalue weighted by Crippen LogP contribution is -2.04. The molecule has 22 heavy (non-hydrogen) atoms. The van der Waals surface area contributed by atoms with E-state index in [0.29, 0.717) is 12.2 Å². The van der Waals surface area contributed by atoms with Gasteiger partial charge in [0.1, 0.15) is 0 Å². The van der Waals surface area contributed by atoms with Crippen LogP contribution in [0.15, 0.2) is 48.5 Å². The van der Waals surface area contributed by atoms with E-state index >= 15 is 0 Å². The highest BCUT2D eigenvalue weighted by Gasteiger charge is 2.09. The summed E-state index contributed by atoms with van der Waals surface area (Å²) in [6.45, 7) is 2.11. The van der Waals surface area contributed by atoms with Crippen LogP contribution in [0.2, 0.25) is 0 Å². The molecule has 0 radical (unpaired) electrons. The maximum absolute atomic E-state index is 11.8.